The molecule has 1 atom stereocenters. The summed E-state index contributed by atoms with van der Waals surface area (Å²) in [6.07, 6.45) is 0.201. The molecule has 2 aromatic carbocycles. The van der Waals surface area contributed by atoms with Crippen molar-refractivity contribution in [2.24, 2.45) is 0 Å². The summed E-state index contributed by atoms with van der Waals surface area (Å²) in [5.74, 6) is -4.92. The molecule has 1 aliphatic carbocycles. The number of phenols is 1. The number of amides is 1. The van der Waals surface area contributed by atoms with E-state index in [0.717, 1.165) is 18.9 Å². The molecule has 1 fully saturated rings. The zero-order valence-corrected chi connectivity index (χ0v) is 20.4. The smallest absolute Gasteiger partial charge is 0.408 e. The van der Waals surface area contributed by atoms with Crippen molar-refractivity contribution in [3.05, 3.63) is 52.3 Å². The number of halogens is 3. The van der Waals surface area contributed by atoms with Gasteiger partial charge in [-0.05, 0) is 88.3 Å². The van der Waals surface area contributed by atoms with Crippen molar-refractivity contribution >= 4 is 12.1 Å². The number of aromatic hydroxyl groups is 1. The Morgan fingerprint density at radius 2 is 1.80 bits per heavy atom. The number of alkyl carbamates (subject to hydrolysis) is 1. The minimum absolute atomic E-state index is 0.000738. The van der Waals surface area contributed by atoms with Gasteiger partial charge >= 0.3 is 12.1 Å². The van der Waals surface area contributed by atoms with Crippen LogP contribution >= 0.6 is 0 Å². The highest BCUT2D eigenvalue weighted by Gasteiger charge is 2.33. The van der Waals surface area contributed by atoms with Crippen molar-refractivity contribution in [2.75, 3.05) is 6.61 Å². The molecule has 0 aliphatic heterocycles. The third kappa shape index (κ3) is 6.26. The minimum atomic E-state index is -1.42. The molecule has 3 rings (SSSR count). The molecule has 0 radical (unpaired) electrons. The van der Waals surface area contributed by atoms with E-state index in [2.05, 4.69) is 5.32 Å². The van der Waals surface area contributed by atoms with Gasteiger partial charge in [0.25, 0.3) is 0 Å². The number of benzene rings is 2. The average molecular weight is 494 g/mol. The molecule has 35 heavy (non-hydrogen) atoms. The summed E-state index contributed by atoms with van der Waals surface area (Å²) in [5.41, 5.74) is -0.112. The molecule has 0 unspecified atom stereocenters. The van der Waals surface area contributed by atoms with E-state index in [1.54, 1.807) is 27.7 Å². The van der Waals surface area contributed by atoms with Gasteiger partial charge in [0.05, 0.1) is 19.1 Å². The Bertz CT molecular complexity index is 1140. The molecule has 190 valence electrons. The van der Waals surface area contributed by atoms with Crippen LogP contribution in [0.2, 0.25) is 0 Å². The fraction of sp³-hybridized carbons (Fsp3) is 0.462. The van der Waals surface area contributed by atoms with Crippen LogP contribution in [0.5, 0.6) is 5.75 Å². The summed E-state index contributed by atoms with van der Waals surface area (Å²) >= 11 is 0. The van der Waals surface area contributed by atoms with Crippen LogP contribution in [0.25, 0.3) is 11.1 Å². The Morgan fingerprint density at radius 1 is 1.14 bits per heavy atom. The first-order chi connectivity index (χ1) is 16.3. The number of nitrogens with one attached hydrogen (secondary N) is 1. The molecule has 0 heterocycles. The van der Waals surface area contributed by atoms with E-state index in [4.69, 9.17) is 9.47 Å². The van der Waals surface area contributed by atoms with Crippen LogP contribution in [0, 0.1) is 24.4 Å². The zero-order valence-electron chi connectivity index (χ0n) is 20.4. The number of rotatable bonds is 7. The summed E-state index contributed by atoms with van der Waals surface area (Å²) in [4.78, 5) is 24.8. The maximum Gasteiger partial charge on any atom is 0.408 e. The molecule has 6 nitrogen and oxygen atoms in total. The quantitative estimate of drug-likeness (QED) is 0.450. The lowest BCUT2D eigenvalue weighted by molar-refractivity contribution is -0.143. The number of carbonyl (C=O) groups is 2. The van der Waals surface area contributed by atoms with Crippen LogP contribution in [0.3, 0.4) is 0 Å². The Hall–Kier alpha value is -3.23. The number of ether oxygens (including phenoxy) is 2. The van der Waals surface area contributed by atoms with E-state index < -0.39 is 46.9 Å². The number of carbonyl (C=O) groups excluding carboxylic acids is 2. The van der Waals surface area contributed by atoms with Crippen LogP contribution in [0.4, 0.5) is 18.0 Å². The van der Waals surface area contributed by atoms with Crippen molar-refractivity contribution in [3.8, 4) is 16.9 Å². The lowest BCUT2D eigenvalue weighted by Crippen LogP contribution is -2.36. The van der Waals surface area contributed by atoms with Gasteiger partial charge < -0.3 is 19.9 Å². The van der Waals surface area contributed by atoms with Gasteiger partial charge in [-0.2, -0.15) is 4.39 Å². The fourth-order valence-electron chi connectivity index (χ4n) is 3.93. The molecule has 2 aromatic rings. The molecule has 1 saturated carbocycles. The molecule has 0 aromatic heterocycles. The molecule has 0 bridgehead atoms. The number of phenolic OH excluding ortho intramolecular Hbond substituents is 1. The summed E-state index contributed by atoms with van der Waals surface area (Å²) in [6.45, 7) is 8.19. The highest BCUT2D eigenvalue weighted by atomic mass is 19.2. The Labute approximate surface area is 202 Å². The minimum Gasteiger partial charge on any atom is -0.504 e. The van der Waals surface area contributed by atoms with E-state index in [0.29, 0.717) is 5.56 Å². The topological polar surface area (TPSA) is 84.9 Å². The molecule has 0 saturated heterocycles. The third-order valence-electron chi connectivity index (χ3n) is 5.57. The molecule has 1 amide bonds. The number of aryl methyl sites for hydroxylation is 1. The lowest BCUT2D eigenvalue weighted by Gasteiger charge is -2.25. The Morgan fingerprint density at radius 3 is 2.37 bits per heavy atom. The first-order valence-corrected chi connectivity index (χ1v) is 11.5. The largest absolute Gasteiger partial charge is 0.504 e. The monoisotopic (exact) mass is 493 g/mol. The zero-order chi connectivity index (χ0) is 26.1. The first kappa shape index (κ1) is 26.4. The Kier molecular flexibility index (Phi) is 7.67. The van der Waals surface area contributed by atoms with E-state index in [-0.39, 0.29) is 41.2 Å². The Balaban J connectivity index is 2.15. The summed E-state index contributed by atoms with van der Waals surface area (Å²) in [5, 5.41) is 12.9. The second-order valence-electron chi connectivity index (χ2n) is 9.66. The molecule has 2 N–H and O–H groups in total. The SMILES string of the molecule is CCOC(=O)C[C@H](NC(=O)OC(C)(C)C)c1cc(-c2c(C)cc(F)c(F)c2O)cc(C2CC2)c1F. The molecular formula is C26H30F3NO5. The predicted octanol–water partition coefficient (Wildman–Crippen LogP) is 6.18. The number of esters is 1. The van der Waals surface area contributed by atoms with Crippen LogP contribution in [-0.2, 0) is 14.3 Å². The van der Waals surface area contributed by atoms with Gasteiger partial charge in [0.2, 0.25) is 5.82 Å². The summed E-state index contributed by atoms with van der Waals surface area (Å²) in [7, 11) is 0. The maximum atomic E-state index is 15.7. The van der Waals surface area contributed by atoms with Gasteiger partial charge in [-0.25, -0.2) is 13.6 Å². The van der Waals surface area contributed by atoms with E-state index >= 15 is 4.39 Å². The maximum absolute atomic E-state index is 15.7. The van der Waals surface area contributed by atoms with Crippen molar-refractivity contribution < 1.29 is 37.3 Å². The van der Waals surface area contributed by atoms with Gasteiger partial charge in [0, 0.05) is 11.1 Å². The van der Waals surface area contributed by atoms with Crippen molar-refractivity contribution in [1.82, 2.24) is 5.32 Å². The number of hydrogen-bond acceptors (Lipinski definition) is 5. The van der Waals surface area contributed by atoms with E-state index in [1.807, 2.05) is 0 Å². The summed E-state index contributed by atoms with van der Waals surface area (Å²) < 4.78 is 54.1. The van der Waals surface area contributed by atoms with E-state index in [1.165, 1.54) is 19.1 Å². The standard InChI is InChI=1S/C26H30F3NO5/c1-6-34-20(31)12-19(30-25(33)35-26(3,4)5)17-11-15(10-16(22(17)28)14-7-8-14)21-13(2)9-18(27)23(29)24(21)32/h9-11,14,19,32H,6-8,12H2,1-5H3,(H,30,33)/t19-/m0/s1. The molecule has 9 heteroatoms. The van der Waals surface area contributed by atoms with Crippen LogP contribution in [0.15, 0.2) is 18.2 Å². The van der Waals surface area contributed by atoms with Crippen LogP contribution in [-0.4, -0.2) is 29.4 Å². The van der Waals surface area contributed by atoms with Gasteiger partial charge in [-0.1, -0.05) is 0 Å². The normalized spacial score (nSPS) is 14.4. The van der Waals surface area contributed by atoms with Crippen molar-refractivity contribution in [3.63, 3.8) is 0 Å². The predicted molar refractivity (Wildman–Crippen MR) is 123 cm³/mol. The van der Waals surface area contributed by atoms with E-state index in [9.17, 15) is 23.5 Å². The molecular weight excluding hydrogens is 463 g/mol. The molecule has 0 spiro atoms. The molecule has 1 aliphatic rings. The van der Waals surface area contributed by atoms with Gasteiger partial charge in [0.1, 0.15) is 11.4 Å². The van der Waals surface area contributed by atoms with Crippen molar-refractivity contribution in [1.29, 1.82) is 0 Å². The summed E-state index contributed by atoms with van der Waals surface area (Å²) in [6, 6.07) is 2.58. The number of hydrogen-bond donors (Lipinski definition) is 2. The fourth-order valence-corrected chi connectivity index (χ4v) is 3.93. The first-order valence-electron chi connectivity index (χ1n) is 11.5. The van der Waals surface area contributed by atoms with Crippen molar-refractivity contribution in [2.45, 2.75) is 71.4 Å². The highest BCUT2D eigenvalue weighted by Crippen LogP contribution is 2.46. The highest BCUT2D eigenvalue weighted by molar-refractivity contribution is 5.77. The second-order valence-corrected chi connectivity index (χ2v) is 9.66. The van der Waals surface area contributed by atoms with Crippen LogP contribution in [0.1, 0.15) is 75.6 Å². The third-order valence-corrected chi connectivity index (χ3v) is 5.57. The average Bonchev–Trinajstić information content (AvgIpc) is 3.56. The van der Waals surface area contributed by atoms with Gasteiger partial charge in [-0.15, -0.1) is 0 Å². The van der Waals surface area contributed by atoms with Crippen LogP contribution < -0.4 is 5.32 Å². The second kappa shape index (κ2) is 10.2. The van der Waals surface area contributed by atoms with Gasteiger partial charge in [0.15, 0.2) is 11.6 Å². The van der Waals surface area contributed by atoms with Gasteiger partial charge in [-0.3, -0.25) is 4.79 Å². The lowest BCUT2D eigenvalue weighted by atomic mass is 9.90.